The predicted molar refractivity (Wildman–Crippen MR) is 60.8 cm³/mol. The van der Waals surface area contributed by atoms with Gasteiger partial charge in [0.2, 0.25) is 0 Å². The smallest absolute Gasteiger partial charge is 0.119 e. The molecule has 0 aliphatic heterocycles. The predicted octanol–water partition coefficient (Wildman–Crippen LogP) is 1.63. The van der Waals surface area contributed by atoms with Crippen LogP contribution in [-0.2, 0) is 28.2 Å². The van der Waals surface area contributed by atoms with Gasteiger partial charge in [-0.1, -0.05) is 0 Å². The van der Waals surface area contributed by atoms with Crippen LogP contribution in [0.4, 0.5) is 0 Å². The molecular formula is C10H18N2O2S. The average Bonchev–Trinajstić information content (AvgIpc) is 2.49. The van der Waals surface area contributed by atoms with E-state index in [4.69, 9.17) is 15.2 Å². The number of aromatic nitrogens is 1. The van der Waals surface area contributed by atoms with Crippen molar-refractivity contribution < 1.29 is 9.47 Å². The van der Waals surface area contributed by atoms with Gasteiger partial charge >= 0.3 is 0 Å². The molecule has 1 heterocycles. The van der Waals surface area contributed by atoms with Crippen LogP contribution in [0, 0.1) is 0 Å². The molecule has 0 amide bonds. The van der Waals surface area contributed by atoms with Gasteiger partial charge in [-0.3, -0.25) is 0 Å². The monoisotopic (exact) mass is 230 g/mol. The van der Waals surface area contributed by atoms with Crippen molar-refractivity contribution in [2.24, 2.45) is 5.73 Å². The first-order chi connectivity index (χ1) is 6.99. The van der Waals surface area contributed by atoms with Crippen LogP contribution in [0.15, 0.2) is 0 Å². The lowest BCUT2D eigenvalue weighted by atomic mass is 10.0. The summed E-state index contributed by atoms with van der Waals surface area (Å²) in [4.78, 5) is 5.51. The minimum absolute atomic E-state index is 0.377. The Morgan fingerprint density at radius 1 is 1.27 bits per heavy atom. The fourth-order valence-electron chi connectivity index (χ4n) is 1.32. The molecule has 1 aromatic heterocycles. The van der Waals surface area contributed by atoms with Crippen LogP contribution < -0.4 is 5.73 Å². The van der Waals surface area contributed by atoms with Crippen LogP contribution >= 0.6 is 11.3 Å². The third-order valence-electron chi connectivity index (χ3n) is 1.88. The summed E-state index contributed by atoms with van der Waals surface area (Å²) < 4.78 is 10.2. The maximum Gasteiger partial charge on any atom is 0.119 e. The summed E-state index contributed by atoms with van der Waals surface area (Å²) in [6.45, 7) is 4.96. The normalized spacial score (nSPS) is 12.1. The van der Waals surface area contributed by atoms with Gasteiger partial charge < -0.3 is 15.2 Å². The zero-order valence-corrected chi connectivity index (χ0v) is 10.5. The molecule has 0 fully saturated rings. The molecule has 0 aliphatic rings. The van der Waals surface area contributed by atoms with Gasteiger partial charge in [-0.05, 0) is 13.8 Å². The van der Waals surface area contributed by atoms with Crippen molar-refractivity contribution in [2.75, 3.05) is 14.2 Å². The van der Waals surface area contributed by atoms with E-state index >= 15 is 0 Å². The quantitative estimate of drug-likeness (QED) is 0.835. The van der Waals surface area contributed by atoms with E-state index in [0.717, 1.165) is 15.6 Å². The van der Waals surface area contributed by atoms with Crippen LogP contribution in [0.3, 0.4) is 0 Å². The number of hydrogen-bond donors (Lipinski definition) is 1. The Hall–Kier alpha value is -0.490. The molecule has 0 aromatic carbocycles. The van der Waals surface area contributed by atoms with Crippen molar-refractivity contribution in [3.8, 4) is 0 Å². The Kier molecular flexibility index (Phi) is 4.21. The number of ether oxygens (including phenoxy) is 2. The lowest BCUT2D eigenvalue weighted by Crippen LogP contribution is -2.28. The van der Waals surface area contributed by atoms with Crippen molar-refractivity contribution in [2.45, 2.75) is 32.6 Å². The molecule has 0 saturated carbocycles. The van der Waals surface area contributed by atoms with Gasteiger partial charge in [0.1, 0.15) is 5.01 Å². The zero-order chi connectivity index (χ0) is 11.5. The number of thiazole rings is 1. The molecule has 0 saturated heterocycles. The number of methoxy groups -OCH3 is 2. The lowest BCUT2D eigenvalue weighted by molar-refractivity contribution is 0.175. The van der Waals surface area contributed by atoms with E-state index in [9.17, 15) is 0 Å². The molecule has 5 heteroatoms. The van der Waals surface area contributed by atoms with Gasteiger partial charge in [-0.15, -0.1) is 11.3 Å². The highest BCUT2D eigenvalue weighted by Gasteiger charge is 2.23. The van der Waals surface area contributed by atoms with E-state index in [1.807, 2.05) is 13.8 Å². The Balaban J connectivity index is 3.00. The van der Waals surface area contributed by atoms with Crippen molar-refractivity contribution >= 4 is 11.3 Å². The minimum Gasteiger partial charge on any atom is -0.378 e. The standard InChI is InChI=1S/C10H18N2O2S/c1-10(2,11)9-7(5-13-3)12-8(15-9)6-14-4/h5-6,11H2,1-4H3. The van der Waals surface area contributed by atoms with E-state index in [0.29, 0.717) is 13.2 Å². The Morgan fingerprint density at radius 2 is 1.87 bits per heavy atom. The maximum atomic E-state index is 6.07. The number of nitrogens with zero attached hydrogens (tertiary/aromatic N) is 1. The maximum absolute atomic E-state index is 6.07. The van der Waals surface area contributed by atoms with E-state index in [-0.39, 0.29) is 5.54 Å². The molecule has 0 bridgehead atoms. The highest BCUT2D eigenvalue weighted by atomic mass is 32.1. The van der Waals surface area contributed by atoms with Crippen molar-refractivity contribution in [1.29, 1.82) is 0 Å². The van der Waals surface area contributed by atoms with Gasteiger partial charge in [0.25, 0.3) is 0 Å². The first-order valence-electron chi connectivity index (χ1n) is 4.75. The third kappa shape index (κ3) is 3.24. The highest BCUT2D eigenvalue weighted by molar-refractivity contribution is 7.11. The van der Waals surface area contributed by atoms with E-state index in [1.54, 1.807) is 25.6 Å². The van der Waals surface area contributed by atoms with E-state index in [2.05, 4.69) is 4.98 Å². The fourth-order valence-corrected chi connectivity index (χ4v) is 2.38. The zero-order valence-electron chi connectivity index (χ0n) is 9.66. The number of nitrogens with two attached hydrogens (primary N) is 1. The Morgan fingerprint density at radius 3 is 2.33 bits per heavy atom. The van der Waals surface area contributed by atoms with Gasteiger partial charge in [0.05, 0.1) is 18.9 Å². The van der Waals surface area contributed by atoms with E-state index in [1.165, 1.54) is 0 Å². The largest absolute Gasteiger partial charge is 0.378 e. The van der Waals surface area contributed by atoms with Crippen molar-refractivity contribution in [1.82, 2.24) is 4.98 Å². The van der Waals surface area contributed by atoms with Gasteiger partial charge in [-0.2, -0.15) is 0 Å². The fraction of sp³-hybridized carbons (Fsp3) is 0.700. The topological polar surface area (TPSA) is 57.4 Å². The SMILES string of the molecule is COCc1nc(COC)c(C(C)(C)N)s1. The molecule has 0 aliphatic carbocycles. The summed E-state index contributed by atoms with van der Waals surface area (Å²) >= 11 is 1.59. The summed E-state index contributed by atoms with van der Waals surface area (Å²) in [5.41, 5.74) is 6.61. The molecule has 1 aromatic rings. The Labute approximate surface area is 94.4 Å². The number of hydrogen-bond acceptors (Lipinski definition) is 5. The highest BCUT2D eigenvalue weighted by Crippen LogP contribution is 2.28. The first-order valence-corrected chi connectivity index (χ1v) is 5.56. The summed E-state index contributed by atoms with van der Waals surface area (Å²) in [5.74, 6) is 0. The van der Waals surface area contributed by atoms with Crippen molar-refractivity contribution in [3.05, 3.63) is 15.6 Å². The summed E-state index contributed by atoms with van der Waals surface area (Å²) in [6.07, 6.45) is 0. The van der Waals surface area contributed by atoms with Gasteiger partial charge in [-0.25, -0.2) is 4.98 Å². The number of rotatable bonds is 5. The van der Waals surface area contributed by atoms with Crippen LogP contribution in [0.1, 0.15) is 29.4 Å². The third-order valence-corrected chi connectivity index (χ3v) is 3.29. The van der Waals surface area contributed by atoms with Crippen LogP contribution in [-0.4, -0.2) is 19.2 Å². The van der Waals surface area contributed by atoms with Crippen LogP contribution in [0.2, 0.25) is 0 Å². The second-order valence-corrected chi connectivity index (χ2v) is 5.05. The van der Waals surface area contributed by atoms with Gasteiger partial charge in [0, 0.05) is 24.6 Å². The van der Waals surface area contributed by atoms with Crippen molar-refractivity contribution in [3.63, 3.8) is 0 Å². The van der Waals surface area contributed by atoms with E-state index < -0.39 is 0 Å². The molecule has 4 nitrogen and oxygen atoms in total. The molecule has 86 valence electrons. The summed E-state index contributed by atoms with van der Waals surface area (Å²) in [5, 5.41) is 0.943. The lowest BCUT2D eigenvalue weighted by Gasteiger charge is -2.17. The molecule has 0 radical (unpaired) electrons. The molecule has 0 spiro atoms. The molecule has 0 atom stereocenters. The molecule has 0 unspecified atom stereocenters. The minimum atomic E-state index is -0.377. The molecule has 15 heavy (non-hydrogen) atoms. The summed E-state index contributed by atoms with van der Waals surface area (Å²) in [6, 6.07) is 0. The van der Waals surface area contributed by atoms with Crippen LogP contribution in [0.25, 0.3) is 0 Å². The molecular weight excluding hydrogens is 212 g/mol. The summed E-state index contributed by atoms with van der Waals surface area (Å²) in [7, 11) is 3.31. The van der Waals surface area contributed by atoms with Crippen LogP contribution in [0.5, 0.6) is 0 Å². The Bertz CT molecular complexity index is 318. The second kappa shape index (κ2) is 5.03. The molecule has 1 rings (SSSR count). The van der Waals surface area contributed by atoms with Gasteiger partial charge in [0.15, 0.2) is 0 Å². The second-order valence-electron chi connectivity index (χ2n) is 3.97. The first kappa shape index (κ1) is 12.6. The average molecular weight is 230 g/mol. The molecule has 2 N–H and O–H groups in total.